The van der Waals surface area contributed by atoms with Gasteiger partial charge >= 0.3 is 0 Å². The summed E-state index contributed by atoms with van der Waals surface area (Å²) in [5, 5.41) is 2.58. The first-order chi connectivity index (χ1) is 17.2. The van der Waals surface area contributed by atoms with Crippen LogP contribution >= 0.6 is 0 Å². The van der Waals surface area contributed by atoms with Crippen molar-refractivity contribution in [2.24, 2.45) is 0 Å². The zero-order chi connectivity index (χ0) is 26.3. The van der Waals surface area contributed by atoms with E-state index in [0.29, 0.717) is 11.4 Å². The minimum Gasteiger partial charge on any atom is -0.497 e. The molecule has 9 heteroatoms. The van der Waals surface area contributed by atoms with Gasteiger partial charge in [-0.3, -0.25) is 13.9 Å². The summed E-state index contributed by atoms with van der Waals surface area (Å²) in [5.41, 5.74) is 2.13. The highest BCUT2D eigenvalue weighted by Gasteiger charge is 2.32. The van der Waals surface area contributed by atoms with Gasteiger partial charge in [-0.1, -0.05) is 42.5 Å². The molecule has 36 heavy (non-hydrogen) atoms. The first-order valence-electron chi connectivity index (χ1n) is 11.5. The largest absolute Gasteiger partial charge is 0.497 e. The van der Waals surface area contributed by atoms with Crippen molar-refractivity contribution >= 4 is 27.5 Å². The van der Waals surface area contributed by atoms with Crippen LogP contribution in [0, 0.1) is 6.92 Å². The SMILES string of the molecule is CNC(=O)C(C)N(Cc1ccccc1C)C(=O)CN(c1ccc(OC)cc1)S(=O)(=O)c1ccccc1. The third-order valence-electron chi connectivity index (χ3n) is 5.99. The second-order valence-electron chi connectivity index (χ2n) is 8.26. The second-order valence-corrected chi connectivity index (χ2v) is 10.1. The van der Waals surface area contributed by atoms with Crippen molar-refractivity contribution in [3.8, 4) is 5.75 Å². The van der Waals surface area contributed by atoms with E-state index < -0.39 is 28.5 Å². The maximum atomic E-state index is 13.7. The van der Waals surface area contributed by atoms with Crippen molar-refractivity contribution in [2.45, 2.75) is 31.3 Å². The Kier molecular flexibility index (Phi) is 8.71. The number of likely N-dealkylation sites (N-methyl/N-ethyl adjacent to an activating group) is 1. The van der Waals surface area contributed by atoms with Crippen molar-refractivity contribution < 1.29 is 22.7 Å². The van der Waals surface area contributed by atoms with E-state index in [1.165, 1.54) is 31.2 Å². The van der Waals surface area contributed by atoms with Crippen LogP contribution in [0.3, 0.4) is 0 Å². The van der Waals surface area contributed by atoms with Crippen LogP contribution in [0.4, 0.5) is 5.69 Å². The summed E-state index contributed by atoms with van der Waals surface area (Å²) in [6, 6.07) is 21.1. The zero-order valence-electron chi connectivity index (χ0n) is 20.8. The highest BCUT2D eigenvalue weighted by atomic mass is 32.2. The van der Waals surface area contributed by atoms with Gasteiger partial charge in [-0.25, -0.2) is 8.42 Å². The number of aryl methyl sites for hydroxylation is 1. The molecule has 0 fully saturated rings. The molecule has 1 atom stereocenters. The van der Waals surface area contributed by atoms with Gasteiger partial charge in [0, 0.05) is 13.6 Å². The molecule has 1 N–H and O–H groups in total. The molecule has 3 rings (SSSR count). The quantitative estimate of drug-likeness (QED) is 0.452. The van der Waals surface area contributed by atoms with Crippen molar-refractivity contribution in [3.05, 3.63) is 90.0 Å². The van der Waals surface area contributed by atoms with E-state index in [9.17, 15) is 18.0 Å². The first-order valence-corrected chi connectivity index (χ1v) is 12.9. The molecule has 3 aromatic carbocycles. The van der Waals surface area contributed by atoms with Crippen LogP contribution in [0.1, 0.15) is 18.1 Å². The predicted octanol–water partition coefficient (Wildman–Crippen LogP) is 3.36. The first kappa shape index (κ1) is 26.7. The van der Waals surface area contributed by atoms with E-state index in [0.717, 1.165) is 15.4 Å². The molecule has 0 saturated heterocycles. The Hall–Kier alpha value is -3.85. The Balaban J connectivity index is 2.03. The standard InChI is InChI=1S/C27H31N3O5S/c1-20-10-8-9-11-22(20)18-29(21(2)27(32)28-3)26(31)19-30(23-14-16-24(35-4)17-15-23)36(33,34)25-12-6-5-7-13-25/h5-17,21H,18-19H2,1-4H3,(H,28,32). The molecular formula is C27H31N3O5S. The molecule has 190 valence electrons. The smallest absolute Gasteiger partial charge is 0.264 e. The van der Waals surface area contributed by atoms with Gasteiger partial charge in [0.15, 0.2) is 0 Å². The summed E-state index contributed by atoms with van der Waals surface area (Å²) in [6.07, 6.45) is 0. The summed E-state index contributed by atoms with van der Waals surface area (Å²) >= 11 is 0. The number of methoxy groups -OCH3 is 1. The van der Waals surface area contributed by atoms with Crippen molar-refractivity contribution in [2.75, 3.05) is 25.0 Å². The zero-order valence-corrected chi connectivity index (χ0v) is 21.7. The minimum atomic E-state index is -4.09. The van der Waals surface area contributed by atoms with Crippen LogP contribution in [0.5, 0.6) is 5.75 Å². The van der Waals surface area contributed by atoms with Crippen LogP contribution < -0.4 is 14.4 Å². The van der Waals surface area contributed by atoms with Crippen molar-refractivity contribution in [1.82, 2.24) is 10.2 Å². The monoisotopic (exact) mass is 509 g/mol. The van der Waals surface area contributed by atoms with Crippen LogP contribution in [0.25, 0.3) is 0 Å². The maximum absolute atomic E-state index is 13.7. The van der Waals surface area contributed by atoms with Gasteiger partial charge in [-0.2, -0.15) is 0 Å². The van der Waals surface area contributed by atoms with E-state index in [2.05, 4.69) is 5.32 Å². The number of carbonyl (C=O) groups excluding carboxylic acids is 2. The van der Waals surface area contributed by atoms with Crippen LogP contribution in [0.15, 0.2) is 83.8 Å². The molecule has 2 amide bonds. The van der Waals surface area contributed by atoms with Crippen molar-refractivity contribution in [3.63, 3.8) is 0 Å². The molecule has 0 spiro atoms. The number of nitrogens with one attached hydrogen (secondary N) is 1. The van der Waals surface area contributed by atoms with Crippen molar-refractivity contribution in [1.29, 1.82) is 0 Å². The molecule has 8 nitrogen and oxygen atoms in total. The molecular weight excluding hydrogens is 478 g/mol. The topological polar surface area (TPSA) is 96.0 Å². The average molecular weight is 510 g/mol. The van der Waals surface area contributed by atoms with Crippen LogP contribution in [0.2, 0.25) is 0 Å². The van der Waals surface area contributed by atoms with E-state index in [1.54, 1.807) is 49.4 Å². The highest BCUT2D eigenvalue weighted by molar-refractivity contribution is 7.92. The normalized spacial score (nSPS) is 11.9. The Morgan fingerprint density at radius 1 is 0.944 bits per heavy atom. The molecule has 0 aliphatic carbocycles. The summed E-state index contributed by atoms with van der Waals surface area (Å²) in [6.45, 7) is 3.21. The summed E-state index contributed by atoms with van der Waals surface area (Å²) in [7, 11) is -1.08. The minimum absolute atomic E-state index is 0.0541. The third kappa shape index (κ3) is 6.04. The highest BCUT2D eigenvalue weighted by Crippen LogP contribution is 2.26. The Labute approximate surface area is 212 Å². The van der Waals surface area contributed by atoms with E-state index in [4.69, 9.17) is 4.74 Å². The number of anilines is 1. The number of amides is 2. The summed E-state index contributed by atoms with van der Waals surface area (Å²) in [4.78, 5) is 27.7. The fourth-order valence-corrected chi connectivity index (χ4v) is 5.19. The predicted molar refractivity (Wildman–Crippen MR) is 139 cm³/mol. The molecule has 0 radical (unpaired) electrons. The number of carbonyl (C=O) groups is 2. The number of benzene rings is 3. The number of rotatable bonds is 10. The maximum Gasteiger partial charge on any atom is 0.264 e. The van der Waals surface area contributed by atoms with Gasteiger partial charge in [0.1, 0.15) is 18.3 Å². The Bertz CT molecular complexity index is 1290. The molecule has 1 unspecified atom stereocenters. The molecule has 0 aliphatic rings. The molecule has 0 saturated carbocycles. The van der Waals surface area contributed by atoms with Gasteiger partial charge in [-0.05, 0) is 61.4 Å². The summed E-state index contributed by atoms with van der Waals surface area (Å²) in [5.74, 6) is -0.305. The van der Waals surface area contributed by atoms with Gasteiger partial charge < -0.3 is 15.0 Å². The van der Waals surface area contributed by atoms with Gasteiger partial charge in [0.25, 0.3) is 10.0 Å². The molecule has 0 heterocycles. The Morgan fingerprint density at radius 3 is 2.14 bits per heavy atom. The number of ether oxygens (including phenoxy) is 1. The molecule has 0 aromatic heterocycles. The van der Waals surface area contributed by atoms with Crippen LogP contribution in [-0.4, -0.2) is 51.9 Å². The van der Waals surface area contributed by atoms with Gasteiger partial charge in [0.05, 0.1) is 17.7 Å². The fourth-order valence-electron chi connectivity index (χ4n) is 3.76. The number of sulfonamides is 1. The summed E-state index contributed by atoms with van der Waals surface area (Å²) < 4.78 is 33.6. The Morgan fingerprint density at radius 2 is 1.56 bits per heavy atom. The van der Waals surface area contributed by atoms with Gasteiger partial charge in [-0.15, -0.1) is 0 Å². The lowest BCUT2D eigenvalue weighted by Crippen LogP contribution is -2.50. The second kappa shape index (κ2) is 11.7. The van der Waals surface area contributed by atoms with E-state index >= 15 is 0 Å². The van der Waals surface area contributed by atoms with Gasteiger partial charge in [0.2, 0.25) is 11.8 Å². The van der Waals surface area contributed by atoms with E-state index in [-0.39, 0.29) is 17.3 Å². The molecule has 0 bridgehead atoms. The lowest BCUT2D eigenvalue weighted by Gasteiger charge is -2.32. The number of nitrogens with zero attached hydrogens (tertiary/aromatic N) is 2. The van der Waals surface area contributed by atoms with Crippen LogP contribution in [-0.2, 0) is 26.2 Å². The third-order valence-corrected chi connectivity index (χ3v) is 7.77. The van der Waals surface area contributed by atoms with E-state index in [1.807, 2.05) is 31.2 Å². The molecule has 3 aromatic rings. The average Bonchev–Trinajstić information content (AvgIpc) is 2.90. The molecule has 0 aliphatic heterocycles. The lowest BCUT2D eigenvalue weighted by molar-refractivity contribution is -0.139. The number of hydrogen-bond donors (Lipinski definition) is 1. The lowest BCUT2D eigenvalue weighted by atomic mass is 10.1. The number of hydrogen-bond acceptors (Lipinski definition) is 5. The fraction of sp³-hybridized carbons (Fsp3) is 0.259.